The SMILES string of the molecule is COc1ccccc1-n1cc(CN2CCCC(CO)(Cc3ccccc3)C2)cn1. The summed E-state index contributed by atoms with van der Waals surface area (Å²) in [5.41, 5.74) is 3.34. The highest BCUT2D eigenvalue weighted by Gasteiger charge is 2.35. The number of nitrogens with zero attached hydrogens (tertiary/aromatic N) is 3. The lowest BCUT2D eigenvalue weighted by atomic mass is 9.75. The Morgan fingerprint density at radius 1 is 1.07 bits per heavy atom. The van der Waals surface area contributed by atoms with E-state index < -0.39 is 0 Å². The molecule has 2 aromatic carbocycles. The molecule has 5 heteroatoms. The summed E-state index contributed by atoms with van der Waals surface area (Å²) in [5.74, 6) is 0.808. The number of para-hydroxylation sites is 2. The molecule has 0 saturated carbocycles. The van der Waals surface area contributed by atoms with Crippen molar-refractivity contribution in [3.8, 4) is 11.4 Å². The third-order valence-corrected chi connectivity index (χ3v) is 5.87. The first-order chi connectivity index (χ1) is 14.2. The number of piperidine rings is 1. The molecule has 1 saturated heterocycles. The van der Waals surface area contributed by atoms with Gasteiger partial charge in [-0.2, -0.15) is 5.10 Å². The second-order valence-corrected chi connectivity index (χ2v) is 8.10. The predicted molar refractivity (Wildman–Crippen MR) is 114 cm³/mol. The summed E-state index contributed by atoms with van der Waals surface area (Å²) in [6.45, 7) is 3.01. The van der Waals surface area contributed by atoms with Gasteiger partial charge in [-0.3, -0.25) is 4.90 Å². The van der Waals surface area contributed by atoms with E-state index in [1.54, 1.807) is 7.11 Å². The Hall–Kier alpha value is -2.63. The number of likely N-dealkylation sites (tertiary alicyclic amines) is 1. The Kier molecular flexibility index (Phi) is 5.97. The monoisotopic (exact) mass is 391 g/mol. The van der Waals surface area contributed by atoms with E-state index in [4.69, 9.17) is 4.74 Å². The van der Waals surface area contributed by atoms with Gasteiger partial charge in [0.2, 0.25) is 0 Å². The van der Waals surface area contributed by atoms with Gasteiger partial charge in [0.25, 0.3) is 0 Å². The van der Waals surface area contributed by atoms with E-state index in [1.807, 2.05) is 41.2 Å². The Labute approximate surface area is 172 Å². The van der Waals surface area contributed by atoms with Crippen LogP contribution in [0.1, 0.15) is 24.0 Å². The maximum atomic E-state index is 10.2. The summed E-state index contributed by atoms with van der Waals surface area (Å²) in [6.07, 6.45) is 7.09. The second-order valence-electron chi connectivity index (χ2n) is 8.10. The minimum atomic E-state index is -0.0712. The van der Waals surface area contributed by atoms with E-state index in [9.17, 15) is 5.11 Å². The summed E-state index contributed by atoms with van der Waals surface area (Å²) >= 11 is 0. The maximum Gasteiger partial charge on any atom is 0.144 e. The molecule has 1 fully saturated rings. The minimum Gasteiger partial charge on any atom is -0.494 e. The molecule has 4 rings (SSSR count). The quantitative estimate of drug-likeness (QED) is 0.667. The van der Waals surface area contributed by atoms with E-state index in [0.29, 0.717) is 0 Å². The fourth-order valence-corrected chi connectivity index (χ4v) is 4.45. The average molecular weight is 392 g/mol. The molecule has 1 aliphatic rings. The lowest BCUT2D eigenvalue weighted by Gasteiger charge is -2.42. The van der Waals surface area contributed by atoms with Crippen LogP contribution in [0.25, 0.3) is 5.69 Å². The van der Waals surface area contributed by atoms with Crippen molar-refractivity contribution in [2.45, 2.75) is 25.8 Å². The highest BCUT2D eigenvalue weighted by atomic mass is 16.5. The van der Waals surface area contributed by atoms with E-state index in [-0.39, 0.29) is 12.0 Å². The maximum absolute atomic E-state index is 10.2. The van der Waals surface area contributed by atoms with Crippen LogP contribution in [0.5, 0.6) is 5.75 Å². The number of benzene rings is 2. The smallest absolute Gasteiger partial charge is 0.144 e. The van der Waals surface area contributed by atoms with Crippen LogP contribution in [0.2, 0.25) is 0 Å². The Bertz CT molecular complexity index is 925. The van der Waals surface area contributed by atoms with Crippen LogP contribution in [0, 0.1) is 5.41 Å². The van der Waals surface area contributed by atoms with E-state index in [0.717, 1.165) is 50.3 Å². The molecule has 3 aromatic rings. The molecule has 29 heavy (non-hydrogen) atoms. The summed E-state index contributed by atoms with van der Waals surface area (Å²) in [6, 6.07) is 18.4. The molecule has 0 amide bonds. The molecule has 1 aromatic heterocycles. The van der Waals surface area contributed by atoms with Gasteiger partial charge in [-0.1, -0.05) is 42.5 Å². The van der Waals surface area contributed by atoms with Crippen molar-refractivity contribution < 1.29 is 9.84 Å². The third-order valence-electron chi connectivity index (χ3n) is 5.87. The highest BCUT2D eigenvalue weighted by Crippen LogP contribution is 2.34. The number of ether oxygens (including phenoxy) is 1. The summed E-state index contributed by atoms with van der Waals surface area (Å²) < 4.78 is 7.33. The number of aromatic nitrogens is 2. The van der Waals surface area contributed by atoms with Gasteiger partial charge in [-0.05, 0) is 43.5 Å². The molecule has 1 unspecified atom stereocenters. The second kappa shape index (κ2) is 8.80. The number of rotatable bonds is 7. The van der Waals surface area contributed by atoms with Crippen molar-refractivity contribution in [1.29, 1.82) is 0 Å². The molecular formula is C24H29N3O2. The van der Waals surface area contributed by atoms with Crippen molar-refractivity contribution in [3.05, 3.63) is 78.1 Å². The van der Waals surface area contributed by atoms with Crippen LogP contribution in [-0.2, 0) is 13.0 Å². The zero-order valence-corrected chi connectivity index (χ0v) is 17.0. The van der Waals surface area contributed by atoms with Crippen molar-refractivity contribution >= 4 is 0 Å². The molecule has 152 valence electrons. The fraction of sp³-hybridized carbons (Fsp3) is 0.375. The van der Waals surface area contributed by atoms with Crippen molar-refractivity contribution in [1.82, 2.24) is 14.7 Å². The number of aliphatic hydroxyl groups excluding tert-OH is 1. The number of hydrogen-bond acceptors (Lipinski definition) is 4. The third kappa shape index (κ3) is 4.52. The Morgan fingerprint density at radius 2 is 1.86 bits per heavy atom. The summed E-state index contributed by atoms with van der Waals surface area (Å²) in [4.78, 5) is 2.45. The number of hydrogen-bond donors (Lipinski definition) is 1. The summed E-state index contributed by atoms with van der Waals surface area (Å²) in [5, 5.41) is 14.8. The highest BCUT2D eigenvalue weighted by molar-refractivity contribution is 5.46. The van der Waals surface area contributed by atoms with Gasteiger partial charge >= 0.3 is 0 Å². The molecule has 0 aliphatic carbocycles. The fourth-order valence-electron chi connectivity index (χ4n) is 4.45. The van der Waals surface area contributed by atoms with Gasteiger partial charge in [0.15, 0.2) is 0 Å². The lowest BCUT2D eigenvalue weighted by molar-refractivity contribution is 0.0288. The lowest BCUT2D eigenvalue weighted by Crippen LogP contribution is -2.46. The topological polar surface area (TPSA) is 50.5 Å². The first kappa shape index (κ1) is 19.7. The van der Waals surface area contributed by atoms with Crippen LogP contribution < -0.4 is 4.74 Å². The van der Waals surface area contributed by atoms with Crippen LogP contribution in [-0.4, -0.2) is 46.6 Å². The molecule has 0 spiro atoms. The van der Waals surface area contributed by atoms with Crippen molar-refractivity contribution in [3.63, 3.8) is 0 Å². The predicted octanol–water partition coefficient (Wildman–Crippen LogP) is 3.70. The van der Waals surface area contributed by atoms with E-state index in [1.165, 1.54) is 11.1 Å². The molecule has 1 aliphatic heterocycles. The Balaban J connectivity index is 1.46. The largest absolute Gasteiger partial charge is 0.494 e. The zero-order chi connectivity index (χ0) is 20.1. The van der Waals surface area contributed by atoms with Gasteiger partial charge < -0.3 is 9.84 Å². The standard InChI is InChI=1S/C24H29N3O2/c1-29-23-11-6-5-10-22(23)27-17-21(15-25-27)16-26-13-7-12-24(18-26,19-28)14-20-8-3-2-4-9-20/h2-6,8-11,15,17,28H,7,12-14,16,18-19H2,1H3. The van der Waals surface area contributed by atoms with Gasteiger partial charge in [0.05, 0.1) is 19.9 Å². The molecule has 0 radical (unpaired) electrons. The van der Waals surface area contributed by atoms with Crippen LogP contribution in [0.4, 0.5) is 0 Å². The number of methoxy groups -OCH3 is 1. The normalized spacial score (nSPS) is 19.9. The van der Waals surface area contributed by atoms with Gasteiger partial charge in [-0.25, -0.2) is 4.68 Å². The van der Waals surface area contributed by atoms with Gasteiger partial charge in [0, 0.05) is 30.3 Å². The average Bonchev–Trinajstić information content (AvgIpc) is 3.23. The molecule has 0 bridgehead atoms. The van der Waals surface area contributed by atoms with Crippen molar-refractivity contribution in [2.24, 2.45) is 5.41 Å². The van der Waals surface area contributed by atoms with E-state index in [2.05, 4.69) is 40.5 Å². The number of aliphatic hydroxyl groups is 1. The zero-order valence-electron chi connectivity index (χ0n) is 17.0. The molecular weight excluding hydrogens is 362 g/mol. The first-order valence-electron chi connectivity index (χ1n) is 10.3. The van der Waals surface area contributed by atoms with E-state index >= 15 is 0 Å². The van der Waals surface area contributed by atoms with Crippen LogP contribution >= 0.6 is 0 Å². The van der Waals surface area contributed by atoms with Gasteiger partial charge in [-0.15, -0.1) is 0 Å². The molecule has 1 atom stereocenters. The Morgan fingerprint density at radius 3 is 2.66 bits per heavy atom. The molecule has 5 nitrogen and oxygen atoms in total. The van der Waals surface area contributed by atoms with Crippen LogP contribution in [0.3, 0.4) is 0 Å². The first-order valence-corrected chi connectivity index (χ1v) is 10.3. The van der Waals surface area contributed by atoms with Crippen molar-refractivity contribution in [2.75, 3.05) is 26.8 Å². The van der Waals surface area contributed by atoms with Gasteiger partial charge in [0.1, 0.15) is 11.4 Å². The minimum absolute atomic E-state index is 0.0712. The molecule has 1 N–H and O–H groups in total. The summed E-state index contributed by atoms with van der Waals surface area (Å²) in [7, 11) is 1.68. The molecule has 2 heterocycles. The van der Waals surface area contributed by atoms with Crippen LogP contribution in [0.15, 0.2) is 67.0 Å².